The lowest BCUT2D eigenvalue weighted by atomic mass is 10.3. The van der Waals surface area contributed by atoms with Gasteiger partial charge in [0.2, 0.25) is 0 Å². The predicted molar refractivity (Wildman–Crippen MR) is 56.5 cm³/mol. The van der Waals surface area contributed by atoms with Crippen LogP contribution in [-0.4, -0.2) is 25.5 Å². The molecule has 1 N–H and O–H groups in total. The van der Waals surface area contributed by atoms with Crippen LogP contribution >= 0.6 is 11.8 Å². The second kappa shape index (κ2) is 4.03. The van der Waals surface area contributed by atoms with Crippen LogP contribution in [0.5, 0.6) is 0 Å². The zero-order valence-corrected chi connectivity index (χ0v) is 8.43. The Hall–Kier alpha value is -0.670. The summed E-state index contributed by atoms with van der Waals surface area (Å²) in [7, 11) is 1.75. The molecule has 0 aromatic heterocycles. The molecule has 1 aliphatic rings. The molecule has 0 spiro atoms. The summed E-state index contributed by atoms with van der Waals surface area (Å²) >= 11 is 1.89. The number of methoxy groups -OCH3 is 1. The van der Waals surface area contributed by atoms with E-state index in [1.54, 1.807) is 7.11 Å². The third-order valence-corrected chi connectivity index (χ3v) is 3.30. The lowest BCUT2D eigenvalue weighted by molar-refractivity contribution is 0.201. The molecule has 1 atom stereocenters. The molecule has 13 heavy (non-hydrogen) atoms. The van der Waals surface area contributed by atoms with Gasteiger partial charge in [-0.2, -0.15) is 0 Å². The summed E-state index contributed by atoms with van der Waals surface area (Å²) in [6.45, 7) is 1.81. The van der Waals surface area contributed by atoms with Crippen LogP contribution < -0.4 is 5.32 Å². The quantitative estimate of drug-likeness (QED) is 0.782. The first-order chi connectivity index (χ1) is 6.40. The molecule has 2 nitrogen and oxygen atoms in total. The summed E-state index contributed by atoms with van der Waals surface area (Å²) in [5.41, 5.74) is 1.25. The fourth-order valence-corrected chi connectivity index (χ4v) is 2.59. The number of hydrogen-bond donors (Lipinski definition) is 1. The number of fused-ring (bicyclic) bond motifs is 1. The van der Waals surface area contributed by atoms with Crippen molar-refractivity contribution in [3.8, 4) is 0 Å². The fraction of sp³-hybridized carbons (Fsp3) is 0.400. The van der Waals surface area contributed by atoms with Crippen molar-refractivity contribution in [2.24, 2.45) is 0 Å². The zero-order valence-electron chi connectivity index (χ0n) is 7.62. The monoisotopic (exact) mass is 195 g/mol. The maximum atomic E-state index is 5.14. The van der Waals surface area contributed by atoms with Crippen molar-refractivity contribution in [1.29, 1.82) is 0 Å². The zero-order chi connectivity index (χ0) is 9.10. The molecule has 0 amide bonds. The molecule has 1 aliphatic heterocycles. The molecular weight excluding hydrogens is 182 g/mol. The Bertz CT molecular complexity index is 290. The summed E-state index contributed by atoms with van der Waals surface area (Å²) in [4.78, 5) is 1.33. The SMILES string of the molecule is COCC1CNc2ccccc2S1. The van der Waals surface area contributed by atoms with Crippen LogP contribution in [0.1, 0.15) is 0 Å². The molecular formula is C10H13NOS. The summed E-state index contributed by atoms with van der Waals surface area (Å²) in [5.74, 6) is 0. The first-order valence-corrected chi connectivity index (χ1v) is 5.26. The highest BCUT2D eigenvalue weighted by atomic mass is 32.2. The minimum Gasteiger partial charge on any atom is -0.383 e. The van der Waals surface area contributed by atoms with Gasteiger partial charge >= 0.3 is 0 Å². The van der Waals surface area contributed by atoms with Crippen molar-refractivity contribution in [1.82, 2.24) is 0 Å². The number of thioether (sulfide) groups is 1. The van der Waals surface area contributed by atoms with E-state index in [0.29, 0.717) is 5.25 Å². The molecule has 1 heterocycles. The Morgan fingerprint density at radius 2 is 2.38 bits per heavy atom. The van der Waals surface area contributed by atoms with Gasteiger partial charge in [0.1, 0.15) is 0 Å². The van der Waals surface area contributed by atoms with E-state index in [1.807, 2.05) is 11.8 Å². The third kappa shape index (κ3) is 1.98. The van der Waals surface area contributed by atoms with Gasteiger partial charge in [-0.1, -0.05) is 12.1 Å². The van der Waals surface area contributed by atoms with Crippen molar-refractivity contribution >= 4 is 17.4 Å². The summed E-state index contributed by atoms with van der Waals surface area (Å²) in [6, 6.07) is 8.39. The van der Waals surface area contributed by atoms with E-state index in [4.69, 9.17) is 4.74 Å². The first kappa shape index (κ1) is 8.91. The van der Waals surface area contributed by atoms with Crippen LogP contribution in [0.4, 0.5) is 5.69 Å². The van der Waals surface area contributed by atoms with E-state index in [9.17, 15) is 0 Å². The number of nitrogens with one attached hydrogen (secondary N) is 1. The van der Waals surface area contributed by atoms with Crippen molar-refractivity contribution in [2.75, 3.05) is 25.6 Å². The average molecular weight is 195 g/mol. The van der Waals surface area contributed by atoms with Gasteiger partial charge in [0.25, 0.3) is 0 Å². The van der Waals surface area contributed by atoms with E-state index in [2.05, 4.69) is 29.6 Å². The summed E-state index contributed by atoms with van der Waals surface area (Å²) < 4.78 is 5.14. The second-order valence-corrected chi connectivity index (χ2v) is 4.41. The highest BCUT2D eigenvalue weighted by Crippen LogP contribution is 2.34. The van der Waals surface area contributed by atoms with Crippen molar-refractivity contribution in [2.45, 2.75) is 10.1 Å². The number of hydrogen-bond acceptors (Lipinski definition) is 3. The highest BCUT2D eigenvalue weighted by molar-refractivity contribution is 8.00. The summed E-state index contributed by atoms with van der Waals surface area (Å²) in [6.07, 6.45) is 0. The topological polar surface area (TPSA) is 21.3 Å². The van der Waals surface area contributed by atoms with Gasteiger partial charge in [-0.25, -0.2) is 0 Å². The molecule has 1 aromatic carbocycles. The smallest absolute Gasteiger partial charge is 0.0601 e. The van der Waals surface area contributed by atoms with E-state index in [1.165, 1.54) is 10.6 Å². The Balaban J connectivity index is 2.11. The molecule has 3 heteroatoms. The van der Waals surface area contributed by atoms with Crippen LogP contribution in [0.15, 0.2) is 29.2 Å². The van der Waals surface area contributed by atoms with Crippen LogP contribution in [-0.2, 0) is 4.74 Å². The Kier molecular flexibility index (Phi) is 2.76. The van der Waals surface area contributed by atoms with Crippen LogP contribution in [0.25, 0.3) is 0 Å². The largest absolute Gasteiger partial charge is 0.383 e. The van der Waals surface area contributed by atoms with Gasteiger partial charge in [-0.05, 0) is 12.1 Å². The first-order valence-electron chi connectivity index (χ1n) is 4.38. The van der Waals surface area contributed by atoms with E-state index >= 15 is 0 Å². The number of benzene rings is 1. The molecule has 0 radical (unpaired) electrons. The van der Waals surface area contributed by atoms with Gasteiger partial charge in [0, 0.05) is 24.2 Å². The lowest BCUT2D eigenvalue weighted by Gasteiger charge is -2.24. The number of para-hydroxylation sites is 1. The van der Waals surface area contributed by atoms with Gasteiger partial charge < -0.3 is 10.1 Å². The molecule has 1 aromatic rings. The van der Waals surface area contributed by atoms with E-state index < -0.39 is 0 Å². The molecule has 2 rings (SSSR count). The lowest BCUT2D eigenvalue weighted by Crippen LogP contribution is -2.25. The van der Waals surface area contributed by atoms with Gasteiger partial charge in [-0.3, -0.25) is 0 Å². The number of rotatable bonds is 2. The molecule has 0 saturated carbocycles. The van der Waals surface area contributed by atoms with Crippen molar-refractivity contribution < 1.29 is 4.74 Å². The minimum absolute atomic E-state index is 0.542. The van der Waals surface area contributed by atoms with Crippen LogP contribution in [0.3, 0.4) is 0 Å². The minimum atomic E-state index is 0.542. The normalized spacial score (nSPS) is 20.5. The maximum absolute atomic E-state index is 5.14. The Labute approximate surface area is 82.7 Å². The number of ether oxygens (including phenoxy) is 1. The molecule has 0 bridgehead atoms. The molecule has 0 fully saturated rings. The number of anilines is 1. The predicted octanol–water partition coefficient (Wildman–Crippen LogP) is 2.22. The van der Waals surface area contributed by atoms with Gasteiger partial charge in [0.15, 0.2) is 0 Å². The fourth-order valence-electron chi connectivity index (χ4n) is 1.44. The van der Waals surface area contributed by atoms with Crippen molar-refractivity contribution in [3.05, 3.63) is 24.3 Å². The third-order valence-electron chi connectivity index (χ3n) is 2.05. The average Bonchev–Trinajstić information content (AvgIpc) is 2.18. The standard InChI is InChI=1S/C10H13NOS/c1-12-7-8-6-11-9-4-2-3-5-10(9)13-8/h2-5,8,11H,6-7H2,1H3. The molecule has 1 unspecified atom stereocenters. The maximum Gasteiger partial charge on any atom is 0.0601 e. The molecule has 70 valence electrons. The van der Waals surface area contributed by atoms with E-state index in [0.717, 1.165) is 13.2 Å². The van der Waals surface area contributed by atoms with Crippen LogP contribution in [0, 0.1) is 0 Å². The Morgan fingerprint density at radius 3 is 3.23 bits per heavy atom. The van der Waals surface area contributed by atoms with Crippen molar-refractivity contribution in [3.63, 3.8) is 0 Å². The Morgan fingerprint density at radius 1 is 1.54 bits per heavy atom. The second-order valence-electron chi connectivity index (χ2n) is 3.07. The van der Waals surface area contributed by atoms with Crippen LogP contribution in [0.2, 0.25) is 0 Å². The van der Waals surface area contributed by atoms with Gasteiger partial charge in [0.05, 0.1) is 11.9 Å². The summed E-state index contributed by atoms with van der Waals surface area (Å²) in [5, 5.41) is 3.94. The van der Waals surface area contributed by atoms with Gasteiger partial charge in [-0.15, -0.1) is 11.8 Å². The molecule has 0 aliphatic carbocycles. The van der Waals surface area contributed by atoms with E-state index in [-0.39, 0.29) is 0 Å². The highest BCUT2D eigenvalue weighted by Gasteiger charge is 2.17. The molecule has 0 saturated heterocycles.